The smallest absolute Gasteiger partial charge is 0.226 e. The van der Waals surface area contributed by atoms with Crippen molar-refractivity contribution in [2.75, 3.05) is 6.61 Å². The second-order valence-corrected chi connectivity index (χ2v) is 6.21. The summed E-state index contributed by atoms with van der Waals surface area (Å²) in [5.74, 6) is -0.638. The van der Waals surface area contributed by atoms with Crippen LogP contribution in [0.1, 0.15) is 34.5 Å². The van der Waals surface area contributed by atoms with E-state index in [1.54, 1.807) is 0 Å². The molecule has 3 rings (SSSR count). The molecule has 0 amide bonds. The molecule has 1 saturated heterocycles. The lowest BCUT2D eigenvalue weighted by molar-refractivity contribution is -0.190. The molecule has 3 atom stereocenters. The van der Waals surface area contributed by atoms with Crippen molar-refractivity contribution >= 4 is 12.1 Å². The first kappa shape index (κ1) is 18.4. The van der Waals surface area contributed by atoms with Gasteiger partial charge in [0.15, 0.2) is 12.4 Å². The van der Waals surface area contributed by atoms with Gasteiger partial charge in [0.05, 0.1) is 6.61 Å². The lowest BCUT2D eigenvalue weighted by Gasteiger charge is -2.35. The van der Waals surface area contributed by atoms with Crippen molar-refractivity contribution in [3.63, 3.8) is 0 Å². The van der Waals surface area contributed by atoms with Gasteiger partial charge < -0.3 is 20.9 Å². The Balaban J connectivity index is 1.82. The van der Waals surface area contributed by atoms with Crippen LogP contribution in [-0.4, -0.2) is 24.8 Å². The van der Waals surface area contributed by atoms with Gasteiger partial charge in [-0.25, -0.2) is 0 Å². The normalized spacial score (nSPS) is 22.8. The van der Waals surface area contributed by atoms with Crippen LogP contribution in [0.25, 0.3) is 0 Å². The molecule has 4 N–H and O–H groups in total. The monoisotopic (exact) mass is 354 g/mol. The second kappa shape index (κ2) is 8.33. The maximum Gasteiger partial charge on any atom is 0.226 e. The predicted molar refractivity (Wildman–Crippen MR) is 96.0 cm³/mol. The number of ketones is 1. The van der Waals surface area contributed by atoms with E-state index in [0.717, 1.165) is 22.3 Å². The van der Waals surface area contributed by atoms with Crippen molar-refractivity contribution in [3.8, 4) is 0 Å². The summed E-state index contributed by atoms with van der Waals surface area (Å²) in [5, 5.41) is 0. The molecule has 136 valence electrons. The Morgan fingerprint density at radius 3 is 2.00 bits per heavy atom. The lowest BCUT2D eigenvalue weighted by Crippen LogP contribution is -2.40. The Bertz CT molecular complexity index is 758. The van der Waals surface area contributed by atoms with E-state index in [4.69, 9.17) is 20.9 Å². The largest absolute Gasteiger partial charge is 0.367 e. The highest BCUT2D eigenvalue weighted by atomic mass is 16.6. The van der Waals surface area contributed by atoms with E-state index in [1.807, 2.05) is 48.5 Å². The standard InChI is InChI=1S/C20H22N2O4/c21-9-13-1-5-15(6-2-13)18-12-25-19(20(26-18)17(24)11-23)16-7-3-14(10-22)4-8-16/h1-8,11,18-20H,9-10,12,21-22H2. The first-order chi connectivity index (χ1) is 12.7. The van der Waals surface area contributed by atoms with Gasteiger partial charge in [0.25, 0.3) is 0 Å². The van der Waals surface area contributed by atoms with Crippen LogP contribution in [-0.2, 0) is 32.2 Å². The first-order valence-electron chi connectivity index (χ1n) is 8.50. The van der Waals surface area contributed by atoms with E-state index >= 15 is 0 Å². The number of hydrogen-bond acceptors (Lipinski definition) is 6. The van der Waals surface area contributed by atoms with Gasteiger partial charge in [0, 0.05) is 13.1 Å². The molecule has 0 bridgehead atoms. The maximum absolute atomic E-state index is 12.1. The lowest BCUT2D eigenvalue weighted by atomic mass is 9.97. The highest BCUT2D eigenvalue weighted by molar-refractivity contribution is 6.27. The maximum atomic E-state index is 12.1. The van der Waals surface area contributed by atoms with Gasteiger partial charge in [-0.05, 0) is 22.3 Å². The third-order valence-electron chi connectivity index (χ3n) is 4.54. The van der Waals surface area contributed by atoms with E-state index in [1.165, 1.54) is 0 Å². The van der Waals surface area contributed by atoms with E-state index in [2.05, 4.69) is 0 Å². The van der Waals surface area contributed by atoms with Gasteiger partial charge in [0.2, 0.25) is 5.78 Å². The zero-order valence-electron chi connectivity index (χ0n) is 14.3. The molecule has 0 radical (unpaired) electrons. The molecule has 1 heterocycles. The second-order valence-electron chi connectivity index (χ2n) is 6.21. The van der Waals surface area contributed by atoms with Crippen LogP contribution < -0.4 is 11.5 Å². The van der Waals surface area contributed by atoms with Crippen LogP contribution in [0.5, 0.6) is 0 Å². The summed E-state index contributed by atoms with van der Waals surface area (Å²) < 4.78 is 11.9. The molecule has 3 unspecified atom stereocenters. The van der Waals surface area contributed by atoms with E-state index in [-0.39, 0.29) is 12.9 Å². The number of carbonyl (C=O) groups is 2. The molecule has 26 heavy (non-hydrogen) atoms. The van der Waals surface area contributed by atoms with Crippen LogP contribution in [0.3, 0.4) is 0 Å². The zero-order chi connectivity index (χ0) is 18.5. The molecule has 1 fully saturated rings. The van der Waals surface area contributed by atoms with Crippen molar-refractivity contribution in [3.05, 3.63) is 70.8 Å². The van der Waals surface area contributed by atoms with E-state index in [9.17, 15) is 9.59 Å². The Kier molecular flexibility index (Phi) is 5.90. The van der Waals surface area contributed by atoms with Crippen molar-refractivity contribution in [1.82, 2.24) is 0 Å². The molecule has 0 aromatic heterocycles. The minimum Gasteiger partial charge on any atom is -0.367 e. The Labute approximate surface area is 152 Å². The Morgan fingerprint density at radius 2 is 1.50 bits per heavy atom. The number of benzene rings is 2. The minimum atomic E-state index is -0.982. The number of carbonyl (C=O) groups excluding carboxylic acids is 2. The fourth-order valence-corrected chi connectivity index (χ4v) is 3.01. The zero-order valence-corrected chi connectivity index (χ0v) is 14.3. The third kappa shape index (κ3) is 3.89. The molecule has 0 aliphatic carbocycles. The SMILES string of the molecule is NCc1ccc(C2COC(c3ccc(CN)cc3)C(C(=O)C=O)O2)cc1. The number of Topliss-reactive ketones (excluding diaryl/α,β-unsaturated/α-hetero) is 1. The van der Waals surface area contributed by atoms with Gasteiger partial charge in [-0.2, -0.15) is 0 Å². The molecular weight excluding hydrogens is 332 g/mol. The number of aldehydes is 1. The molecule has 6 nitrogen and oxygen atoms in total. The van der Waals surface area contributed by atoms with Gasteiger partial charge in [-0.1, -0.05) is 48.5 Å². The van der Waals surface area contributed by atoms with E-state index < -0.39 is 24.1 Å². The summed E-state index contributed by atoms with van der Waals surface area (Å²) >= 11 is 0. The fraction of sp³-hybridized carbons (Fsp3) is 0.300. The molecule has 1 aliphatic rings. The average molecular weight is 354 g/mol. The van der Waals surface area contributed by atoms with Crippen LogP contribution in [0.15, 0.2) is 48.5 Å². The Hall–Kier alpha value is -2.38. The summed E-state index contributed by atoms with van der Waals surface area (Å²) in [5.41, 5.74) is 14.9. The van der Waals surface area contributed by atoms with Gasteiger partial charge >= 0.3 is 0 Å². The first-order valence-corrected chi connectivity index (χ1v) is 8.50. The van der Waals surface area contributed by atoms with Crippen LogP contribution >= 0.6 is 0 Å². The summed E-state index contributed by atoms with van der Waals surface area (Å²) in [7, 11) is 0. The summed E-state index contributed by atoms with van der Waals surface area (Å²) in [6.07, 6.45) is -1.74. The number of hydrogen-bond donors (Lipinski definition) is 2. The van der Waals surface area contributed by atoms with Crippen molar-refractivity contribution in [1.29, 1.82) is 0 Å². The van der Waals surface area contributed by atoms with Crippen molar-refractivity contribution in [2.24, 2.45) is 11.5 Å². The van der Waals surface area contributed by atoms with Gasteiger partial charge in [-0.3, -0.25) is 9.59 Å². The molecule has 0 spiro atoms. The number of ether oxygens (including phenoxy) is 2. The number of nitrogens with two attached hydrogens (primary N) is 2. The average Bonchev–Trinajstić information content (AvgIpc) is 2.73. The predicted octanol–water partition coefficient (Wildman–Crippen LogP) is 1.57. The van der Waals surface area contributed by atoms with Crippen molar-refractivity contribution in [2.45, 2.75) is 31.4 Å². The summed E-state index contributed by atoms with van der Waals surface area (Å²) in [4.78, 5) is 23.2. The summed E-state index contributed by atoms with van der Waals surface area (Å²) in [6, 6.07) is 15.1. The molecule has 0 saturated carbocycles. The fourth-order valence-electron chi connectivity index (χ4n) is 3.01. The third-order valence-corrected chi connectivity index (χ3v) is 4.54. The van der Waals surface area contributed by atoms with Gasteiger partial charge in [0.1, 0.15) is 12.2 Å². The van der Waals surface area contributed by atoms with Crippen LogP contribution in [0, 0.1) is 0 Å². The highest BCUT2D eigenvalue weighted by Gasteiger charge is 2.38. The molecular formula is C20H22N2O4. The minimum absolute atomic E-state index is 0.286. The van der Waals surface area contributed by atoms with Gasteiger partial charge in [-0.15, -0.1) is 0 Å². The topological polar surface area (TPSA) is 105 Å². The molecule has 1 aliphatic heterocycles. The quantitative estimate of drug-likeness (QED) is 0.603. The highest BCUT2D eigenvalue weighted by Crippen LogP contribution is 2.35. The number of rotatable bonds is 6. The van der Waals surface area contributed by atoms with Crippen molar-refractivity contribution < 1.29 is 19.1 Å². The van der Waals surface area contributed by atoms with E-state index in [0.29, 0.717) is 13.1 Å². The van der Waals surface area contributed by atoms with Crippen LogP contribution in [0.4, 0.5) is 0 Å². The van der Waals surface area contributed by atoms with Crippen LogP contribution in [0.2, 0.25) is 0 Å². The summed E-state index contributed by atoms with van der Waals surface area (Å²) in [6.45, 7) is 1.17. The molecule has 6 heteroatoms. The molecule has 2 aromatic rings. The molecule has 2 aromatic carbocycles. The Morgan fingerprint density at radius 1 is 0.962 bits per heavy atom.